The Hall–Kier alpha value is -3.23. The maximum absolute atomic E-state index is 12.4. The Balaban J connectivity index is 1.19. The van der Waals surface area contributed by atoms with Gasteiger partial charge in [-0.1, -0.05) is 30.3 Å². The number of carbonyl (C=O) groups is 1. The summed E-state index contributed by atoms with van der Waals surface area (Å²) in [5.41, 5.74) is 3.93. The fraction of sp³-hybridized carbons (Fsp3) is 0.348. The van der Waals surface area contributed by atoms with Crippen LogP contribution in [0.1, 0.15) is 21.6 Å². The highest BCUT2D eigenvalue weighted by molar-refractivity contribution is 5.98. The van der Waals surface area contributed by atoms with Crippen molar-refractivity contribution >= 4 is 22.5 Å². The smallest absolute Gasteiger partial charge is 0.282 e. The third-order valence-corrected chi connectivity index (χ3v) is 6.45. The molecule has 2 N–H and O–H groups in total. The number of H-pyrrole nitrogens is 1. The maximum Gasteiger partial charge on any atom is 0.282 e. The predicted octanol–water partition coefficient (Wildman–Crippen LogP) is 2.55. The van der Waals surface area contributed by atoms with E-state index < -0.39 is 10.8 Å². The van der Waals surface area contributed by atoms with Crippen molar-refractivity contribution in [2.75, 3.05) is 32.7 Å². The highest BCUT2D eigenvalue weighted by atomic mass is 16.6. The van der Waals surface area contributed by atoms with E-state index in [2.05, 4.69) is 44.4 Å². The van der Waals surface area contributed by atoms with Gasteiger partial charge in [0, 0.05) is 68.0 Å². The van der Waals surface area contributed by atoms with E-state index in [1.165, 1.54) is 34.3 Å². The van der Waals surface area contributed by atoms with Gasteiger partial charge in [-0.25, -0.2) is 0 Å². The maximum atomic E-state index is 12.4. The zero-order chi connectivity index (χ0) is 21.4. The van der Waals surface area contributed by atoms with Crippen LogP contribution in [0.3, 0.4) is 0 Å². The summed E-state index contributed by atoms with van der Waals surface area (Å²) in [6.45, 7) is 5.07. The van der Waals surface area contributed by atoms with E-state index in [-0.39, 0.29) is 11.3 Å². The molecule has 1 saturated heterocycles. The summed E-state index contributed by atoms with van der Waals surface area (Å²) in [6, 6.07) is 15.0. The van der Waals surface area contributed by atoms with Gasteiger partial charge >= 0.3 is 0 Å². The first-order valence-corrected chi connectivity index (χ1v) is 10.7. The van der Waals surface area contributed by atoms with Crippen molar-refractivity contribution in [2.45, 2.75) is 19.0 Å². The Morgan fingerprint density at radius 2 is 1.97 bits per heavy atom. The Kier molecular flexibility index (Phi) is 5.17. The molecule has 2 aliphatic rings. The Morgan fingerprint density at radius 3 is 2.84 bits per heavy atom. The number of aromatic nitrogens is 1. The van der Waals surface area contributed by atoms with E-state index in [0.717, 1.165) is 39.1 Å². The van der Waals surface area contributed by atoms with Gasteiger partial charge in [-0.05, 0) is 24.1 Å². The number of hydrogen-bond donors (Lipinski definition) is 2. The largest absolute Gasteiger partial charge is 0.357 e. The summed E-state index contributed by atoms with van der Waals surface area (Å²) in [4.78, 5) is 31.6. The monoisotopic (exact) mass is 419 g/mol. The molecule has 8 heteroatoms. The molecule has 1 amide bonds. The molecule has 31 heavy (non-hydrogen) atoms. The van der Waals surface area contributed by atoms with Gasteiger partial charge < -0.3 is 10.3 Å². The lowest BCUT2D eigenvalue weighted by Crippen LogP contribution is -2.56. The third-order valence-electron chi connectivity index (χ3n) is 6.45. The number of nitrogens with zero attached hydrogens (tertiary/aromatic N) is 3. The van der Waals surface area contributed by atoms with Gasteiger partial charge in [0.15, 0.2) is 0 Å². The number of carbonyl (C=O) groups excluding carboxylic acids is 1. The summed E-state index contributed by atoms with van der Waals surface area (Å²) in [7, 11) is 0. The van der Waals surface area contributed by atoms with Crippen molar-refractivity contribution in [3.63, 3.8) is 0 Å². The van der Waals surface area contributed by atoms with Crippen LogP contribution in [0.4, 0.5) is 5.69 Å². The van der Waals surface area contributed by atoms with E-state index in [4.69, 9.17) is 0 Å². The summed E-state index contributed by atoms with van der Waals surface area (Å²) in [6.07, 6.45) is 1.03. The highest BCUT2D eigenvalue weighted by Gasteiger charge is 2.33. The molecule has 0 bridgehead atoms. The molecule has 2 aromatic carbocycles. The molecule has 160 valence electrons. The second kappa shape index (κ2) is 8.13. The molecule has 1 aromatic heterocycles. The lowest BCUT2D eigenvalue weighted by molar-refractivity contribution is -0.385. The van der Waals surface area contributed by atoms with Crippen LogP contribution in [0.2, 0.25) is 0 Å². The number of hydrogen-bond acceptors (Lipinski definition) is 5. The molecule has 1 unspecified atom stereocenters. The lowest BCUT2D eigenvalue weighted by Gasteiger charge is -2.44. The molecule has 0 aliphatic carbocycles. The standard InChI is InChI=1S/C23H25N5O3/c29-23(18-6-2-4-8-22(18)28(30)31)24-9-10-26-11-12-27-15-21-19(13-16(27)14-26)17-5-1-3-7-20(17)25-21/h1-8,16,25H,9-15H2,(H,24,29). The second-order valence-corrected chi connectivity index (χ2v) is 8.29. The average Bonchev–Trinajstić information content (AvgIpc) is 3.14. The number of piperazine rings is 1. The molecule has 0 radical (unpaired) electrons. The number of nitrogens with one attached hydrogen (secondary N) is 2. The number of para-hydroxylation sites is 2. The van der Waals surface area contributed by atoms with Crippen LogP contribution >= 0.6 is 0 Å². The van der Waals surface area contributed by atoms with Crippen LogP contribution < -0.4 is 5.32 Å². The number of nitro groups is 1. The zero-order valence-corrected chi connectivity index (χ0v) is 17.2. The number of rotatable bonds is 5. The highest BCUT2D eigenvalue weighted by Crippen LogP contribution is 2.31. The molecular weight excluding hydrogens is 394 g/mol. The zero-order valence-electron chi connectivity index (χ0n) is 17.2. The molecule has 0 saturated carbocycles. The molecule has 1 fully saturated rings. The van der Waals surface area contributed by atoms with Crippen molar-refractivity contribution in [3.05, 3.63) is 75.5 Å². The van der Waals surface area contributed by atoms with Gasteiger partial charge in [0.25, 0.3) is 11.6 Å². The van der Waals surface area contributed by atoms with Crippen LogP contribution in [0, 0.1) is 10.1 Å². The first-order chi connectivity index (χ1) is 15.1. The van der Waals surface area contributed by atoms with E-state index in [1.807, 2.05) is 0 Å². The van der Waals surface area contributed by atoms with Crippen molar-refractivity contribution < 1.29 is 9.72 Å². The summed E-state index contributed by atoms with van der Waals surface area (Å²) < 4.78 is 0. The molecule has 3 heterocycles. The van der Waals surface area contributed by atoms with E-state index in [1.54, 1.807) is 12.1 Å². The number of amides is 1. The minimum absolute atomic E-state index is 0.108. The SMILES string of the molecule is O=C(NCCN1CCN2Cc3[nH]c4ccccc4c3CC2C1)c1ccccc1[N+](=O)[O-]. The molecule has 0 spiro atoms. The van der Waals surface area contributed by atoms with Gasteiger partial charge in [0.05, 0.1) is 4.92 Å². The summed E-state index contributed by atoms with van der Waals surface area (Å²) in [5.74, 6) is -0.396. The number of aromatic amines is 1. The second-order valence-electron chi connectivity index (χ2n) is 8.29. The van der Waals surface area contributed by atoms with E-state index in [9.17, 15) is 14.9 Å². The topological polar surface area (TPSA) is 94.5 Å². The van der Waals surface area contributed by atoms with Crippen LogP contribution in [0.5, 0.6) is 0 Å². The number of benzene rings is 2. The first-order valence-electron chi connectivity index (χ1n) is 10.7. The van der Waals surface area contributed by atoms with E-state index in [0.29, 0.717) is 12.6 Å². The summed E-state index contributed by atoms with van der Waals surface area (Å²) >= 11 is 0. The van der Waals surface area contributed by atoms with Crippen LogP contribution in [-0.2, 0) is 13.0 Å². The fourth-order valence-electron chi connectivity index (χ4n) is 4.87. The van der Waals surface area contributed by atoms with Crippen LogP contribution in [0.25, 0.3) is 10.9 Å². The predicted molar refractivity (Wildman–Crippen MR) is 118 cm³/mol. The lowest BCUT2D eigenvalue weighted by atomic mass is 9.95. The van der Waals surface area contributed by atoms with Crippen molar-refractivity contribution in [1.82, 2.24) is 20.1 Å². The Labute approximate surface area is 180 Å². The minimum Gasteiger partial charge on any atom is -0.357 e. The molecular formula is C23H25N5O3. The Bertz CT molecular complexity index is 1140. The quantitative estimate of drug-likeness (QED) is 0.490. The van der Waals surface area contributed by atoms with Gasteiger partial charge in [-0.2, -0.15) is 0 Å². The van der Waals surface area contributed by atoms with Gasteiger partial charge in [0.1, 0.15) is 5.56 Å². The van der Waals surface area contributed by atoms with Crippen molar-refractivity contribution in [2.24, 2.45) is 0 Å². The van der Waals surface area contributed by atoms with Gasteiger partial charge in [0.2, 0.25) is 0 Å². The molecule has 3 aromatic rings. The molecule has 5 rings (SSSR count). The third kappa shape index (κ3) is 3.80. The van der Waals surface area contributed by atoms with Crippen molar-refractivity contribution in [1.29, 1.82) is 0 Å². The molecule has 2 aliphatic heterocycles. The van der Waals surface area contributed by atoms with Crippen LogP contribution in [-0.4, -0.2) is 64.4 Å². The summed E-state index contributed by atoms with van der Waals surface area (Å²) in [5, 5.41) is 15.3. The average molecular weight is 419 g/mol. The fourth-order valence-corrected chi connectivity index (χ4v) is 4.87. The molecule has 8 nitrogen and oxygen atoms in total. The Morgan fingerprint density at radius 1 is 1.16 bits per heavy atom. The number of nitro benzene ring substituents is 1. The first kappa shape index (κ1) is 19.7. The van der Waals surface area contributed by atoms with Crippen LogP contribution in [0.15, 0.2) is 48.5 Å². The normalized spacial score (nSPS) is 19.0. The molecule has 1 atom stereocenters. The van der Waals surface area contributed by atoms with E-state index >= 15 is 0 Å². The number of fused-ring (bicyclic) bond motifs is 4. The minimum atomic E-state index is -0.518. The van der Waals surface area contributed by atoms with Gasteiger partial charge in [-0.15, -0.1) is 0 Å². The van der Waals surface area contributed by atoms with Crippen molar-refractivity contribution in [3.8, 4) is 0 Å². The van der Waals surface area contributed by atoms with Gasteiger partial charge in [-0.3, -0.25) is 24.7 Å².